The first-order valence-corrected chi connectivity index (χ1v) is 10.2. The highest BCUT2D eigenvalue weighted by molar-refractivity contribution is 14.0. The van der Waals surface area contributed by atoms with Gasteiger partial charge in [-0.05, 0) is 31.1 Å². The topological polar surface area (TPSA) is 73.8 Å². The molecule has 3 rings (SSSR count). The molecule has 8 heteroatoms. The van der Waals surface area contributed by atoms with Gasteiger partial charge in [-0.3, -0.25) is 9.89 Å². The minimum absolute atomic E-state index is 0. The van der Waals surface area contributed by atoms with E-state index >= 15 is 0 Å². The third-order valence-electron chi connectivity index (χ3n) is 5.13. The van der Waals surface area contributed by atoms with Crippen molar-refractivity contribution < 1.29 is 8.42 Å². The molecule has 134 valence electrons. The van der Waals surface area contributed by atoms with Crippen molar-refractivity contribution in [1.82, 2.24) is 15.5 Å². The van der Waals surface area contributed by atoms with Crippen molar-refractivity contribution in [2.24, 2.45) is 16.8 Å². The van der Waals surface area contributed by atoms with Crippen LogP contribution in [0.15, 0.2) is 4.99 Å². The number of guanidine groups is 1. The molecule has 2 N–H and O–H groups in total. The molecule has 6 nitrogen and oxygen atoms in total. The number of sulfone groups is 1. The molecular weight excluding hydrogens is 427 g/mol. The van der Waals surface area contributed by atoms with Crippen LogP contribution in [0.25, 0.3) is 0 Å². The zero-order valence-electron chi connectivity index (χ0n) is 14.0. The Morgan fingerprint density at radius 3 is 2.57 bits per heavy atom. The van der Waals surface area contributed by atoms with E-state index in [0.29, 0.717) is 30.0 Å². The quantitative estimate of drug-likeness (QED) is 0.370. The van der Waals surface area contributed by atoms with E-state index in [0.717, 1.165) is 25.0 Å². The van der Waals surface area contributed by atoms with Gasteiger partial charge in [-0.1, -0.05) is 6.92 Å². The van der Waals surface area contributed by atoms with E-state index in [-0.39, 0.29) is 29.9 Å². The van der Waals surface area contributed by atoms with Crippen LogP contribution in [0.1, 0.15) is 26.2 Å². The zero-order valence-corrected chi connectivity index (χ0v) is 17.1. The van der Waals surface area contributed by atoms with E-state index in [1.54, 1.807) is 7.05 Å². The molecular formula is C15H29IN4O2S. The van der Waals surface area contributed by atoms with Gasteiger partial charge in [-0.25, -0.2) is 8.42 Å². The normalized spacial score (nSPS) is 34.2. The summed E-state index contributed by atoms with van der Waals surface area (Å²) >= 11 is 0. The van der Waals surface area contributed by atoms with Gasteiger partial charge < -0.3 is 10.6 Å². The molecule has 3 aliphatic rings. The number of likely N-dealkylation sites (tertiary alicyclic amines) is 1. The van der Waals surface area contributed by atoms with Crippen molar-refractivity contribution in [1.29, 1.82) is 0 Å². The Morgan fingerprint density at radius 1 is 1.26 bits per heavy atom. The largest absolute Gasteiger partial charge is 0.356 e. The van der Waals surface area contributed by atoms with Gasteiger partial charge in [0.15, 0.2) is 15.8 Å². The standard InChI is InChI=1S/C15H28N4O2S.HI/c1-11-8-19(13-3-4-13)9-14(11)18-15(16-2)17-7-12-5-6-22(20,21)10-12;/h11-14H,3-10H2,1-2H3,(H2,16,17,18);1H. The van der Waals surface area contributed by atoms with Gasteiger partial charge >= 0.3 is 0 Å². The van der Waals surface area contributed by atoms with Gasteiger partial charge in [0, 0.05) is 38.8 Å². The summed E-state index contributed by atoms with van der Waals surface area (Å²) in [5, 5.41) is 6.83. The van der Waals surface area contributed by atoms with Crippen LogP contribution >= 0.6 is 24.0 Å². The number of hydrogen-bond donors (Lipinski definition) is 2. The van der Waals surface area contributed by atoms with Crippen LogP contribution in [-0.4, -0.2) is 69.5 Å². The summed E-state index contributed by atoms with van der Waals surface area (Å²) in [6, 6.07) is 1.24. The van der Waals surface area contributed by atoms with E-state index in [1.165, 1.54) is 19.4 Å². The maximum Gasteiger partial charge on any atom is 0.191 e. The van der Waals surface area contributed by atoms with Gasteiger partial charge in [0.2, 0.25) is 0 Å². The van der Waals surface area contributed by atoms with Crippen molar-refractivity contribution in [3.8, 4) is 0 Å². The third-order valence-corrected chi connectivity index (χ3v) is 6.97. The molecule has 2 aliphatic heterocycles. The van der Waals surface area contributed by atoms with Crippen LogP contribution in [0, 0.1) is 11.8 Å². The first kappa shape index (κ1) is 19.2. The van der Waals surface area contributed by atoms with Crippen molar-refractivity contribution in [3.05, 3.63) is 0 Å². The number of halogens is 1. The fraction of sp³-hybridized carbons (Fsp3) is 0.933. The molecule has 2 saturated heterocycles. The molecule has 1 aliphatic carbocycles. The molecule has 0 amide bonds. The summed E-state index contributed by atoms with van der Waals surface area (Å²) in [6.45, 7) is 5.23. The average molecular weight is 456 g/mol. The highest BCUT2D eigenvalue weighted by Crippen LogP contribution is 2.31. The Bertz CT molecular complexity index is 536. The lowest BCUT2D eigenvalue weighted by atomic mass is 10.1. The van der Waals surface area contributed by atoms with Crippen molar-refractivity contribution >= 4 is 39.8 Å². The van der Waals surface area contributed by atoms with Gasteiger partial charge in [0.05, 0.1) is 11.5 Å². The van der Waals surface area contributed by atoms with E-state index in [2.05, 4.69) is 27.4 Å². The lowest BCUT2D eigenvalue weighted by Gasteiger charge is -2.21. The Balaban J connectivity index is 0.00000192. The molecule has 23 heavy (non-hydrogen) atoms. The Labute approximate surface area is 156 Å². The van der Waals surface area contributed by atoms with Crippen molar-refractivity contribution in [2.45, 2.75) is 38.3 Å². The van der Waals surface area contributed by atoms with Crippen LogP contribution in [0.3, 0.4) is 0 Å². The van der Waals surface area contributed by atoms with Crippen LogP contribution in [0.5, 0.6) is 0 Å². The lowest BCUT2D eigenvalue weighted by Crippen LogP contribution is -2.47. The van der Waals surface area contributed by atoms with Gasteiger partial charge in [0.25, 0.3) is 0 Å². The zero-order chi connectivity index (χ0) is 15.7. The highest BCUT2D eigenvalue weighted by atomic mass is 127. The average Bonchev–Trinajstić information content (AvgIpc) is 3.17. The summed E-state index contributed by atoms with van der Waals surface area (Å²) in [7, 11) is -1.02. The third kappa shape index (κ3) is 5.19. The number of nitrogens with zero attached hydrogens (tertiary/aromatic N) is 2. The Hall–Kier alpha value is -0.0900. The van der Waals surface area contributed by atoms with E-state index in [4.69, 9.17) is 0 Å². The second kappa shape index (κ2) is 7.86. The lowest BCUT2D eigenvalue weighted by molar-refractivity contribution is 0.315. The number of rotatable bonds is 4. The molecule has 2 heterocycles. The molecule has 1 saturated carbocycles. The van der Waals surface area contributed by atoms with Crippen molar-refractivity contribution in [3.63, 3.8) is 0 Å². The van der Waals surface area contributed by atoms with Crippen molar-refractivity contribution in [2.75, 3.05) is 38.2 Å². The Kier molecular flexibility index (Phi) is 6.57. The molecule has 3 unspecified atom stereocenters. The Morgan fingerprint density at radius 2 is 2.00 bits per heavy atom. The minimum Gasteiger partial charge on any atom is -0.356 e. The summed E-state index contributed by atoms with van der Waals surface area (Å²) in [4.78, 5) is 6.88. The SMILES string of the molecule is CN=C(NCC1CCS(=O)(=O)C1)NC1CN(C2CC2)CC1C.I. The van der Waals surface area contributed by atoms with Gasteiger partial charge in [-0.15, -0.1) is 24.0 Å². The van der Waals surface area contributed by atoms with E-state index in [9.17, 15) is 8.42 Å². The smallest absolute Gasteiger partial charge is 0.191 e. The molecule has 0 radical (unpaired) electrons. The monoisotopic (exact) mass is 456 g/mol. The maximum absolute atomic E-state index is 11.5. The van der Waals surface area contributed by atoms with Crippen LogP contribution in [0.2, 0.25) is 0 Å². The van der Waals surface area contributed by atoms with Crippen LogP contribution in [0.4, 0.5) is 0 Å². The molecule has 3 atom stereocenters. The van der Waals surface area contributed by atoms with E-state index < -0.39 is 9.84 Å². The van der Waals surface area contributed by atoms with Crippen LogP contribution in [-0.2, 0) is 9.84 Å². The highest BCUT2D eigenvalue weighted by Gasteiger charge is 2.38. The fourth-order valence-electron chi connectivity index (χ4n) is 3.57. The summed E-state index contributed by atoms with van der Waals surface area (Å²) in [6.07, 6.45) is 3.47. The van der Waals surface area contributed by atoms with Gasteiger partial charge in [-0.2, -0.15) is 0 Å². The van der Waals surface area contributed by atoms with Crippen LogP contribution < -0.4 is 10.6 Å². The number of hydrogen-bond acceptors (Lipinski definition) is 4. The molecule has 3 fully saturated rings. The first-order chi connectivity index (χ1) is 10.5. The second-order valence-electron chi connectivity index (χ2n) is 7.14. The molecule has 0 bridgehead atoms. The molecule has 0 aromatic carbocycles. The molecule has 0 aromatic rings. The second-order valence-corrected chi connectivity index (χ2v) is 9.36. The fourth-order valence-corrected chi connectivity index (χ4v) is 5.44. The maximum atomic E-state index is 11.5. The number of nitrogens with one attached hydrogen (secondary N) is 2. The predicted molar refractivity (Wildman–Crippen MR) is 104 cm³/mol. The predicted octanol–water partition coefficient (Wildman–Crippen LogP) is 0.687. The summed E-state index contributed by atoms with van der Waals surface area (Å²) in [5.74, 6) is 2.28. The summed E-state index contributed by atoms with van der Waals surface area (Å²) in [5.41, 5.74) is 0. The van der Waals surface area contributed by atoms with E-state index in [1.807, 2.05) is 0 Å². The first-order valence-electron chi connectivity index (χ1n) is 8.38. The minimum atomic E-state index is -2.80. The summed E-state index contributed by atoms with van der Waals surface area (Å²) < 4.78 is 23.0. The molecule has 0 spiro atoms. The molecule has 0 aromatic heterocycles. The number of aliphatic imine (C=N–C) groups is 1. The van der Waals surface area contributed by atoms with Gasteiger partial charge in [0.1, 0.15) is 0 Å².